The fraction of sp³-hybridized carbons (Fsp3) is 0.409. The zero-order valence-corrected chi connectivity index (χ0v) is 17.3. The lowest BCUT2D eigenvalue weighted by molar-refractivity contribution is -0.136. The first-order valence-electron chi connectivity index (χ1n) is 9.97. The Morgan fingerprint density at radius 1 is 1.10 bits per heavy atom. The first kappa shape index (κ1) is 20.1. The van der Waals surface area contributed by atoms with Crippen LogP contribution in [0.1, 0.15) is 30.9 Å². The minimum atomic E-state index is -3.51. The number of hydrogen-bond donors (Lipinski definition) is 1. The Bertz CT molecular complexity index is 983. The van der Waals surface area contributed by atoms with Gasteiger partial charge in [0.1, 0.15) is 0 Å². The number of sulfonamides is 1. The van der Waals surface area contributed by atoms with Crippen LogP contribution in [0.3, 0.4) is 0 Å². The molecule has 1 amide bonds. The maximum Gasteiger partial charge on any atom is 0.243 e. The number of benzene rings is 2. The molecule has 1 fully saturated rings. The van der Waals surface area contributed by atoms with Crippen LogP contribution >= 0.6 is 0 Å². The Morgan fingerprint density at radius 2 is 1.76 bits per heavy atom. The van der Waals surface area contributed by atoms with Gasteiger partial charge in [-0.25, -0.2) is 8.42 Å². The Balaban J connectivity index is 1.56. The predicted molar refractivity (Wildman–Crippen MR) is 110 cm³/mol. The fourth-order valence-electron chi connectivity index (χ4n) is 4.40. The predicted octanol–water partition coefficient (Wildman–Crippen LogP) is 2.44. The number of hydrogen-bond acceptors (Lipinski definition) is 4. The standard InChI is InChI=1S/C22H26N2O4S/c1-17(25)23-16-19-15-18-7-5-6-10-21(18)22(28-19)11-13-24(14-12-22)29(26,27)20-8-3-2-4-9-20/h2-10,19H,11-16H2,1H3,(H,23,25). The molecule has 0 radical (unpaired) electrons. The van der Waals surface area contributed by atoms with Crippen molar-refractivity contribution in [2.24, 2.45) is 0 Å². The molecule has 7 heteroatoms. The van der Waals surface area contributed by atoms with Crippen molar-refractivity contribution in [3.05, 3.63) is 65.7 Å². The van der Waals surface area contributed by atoms with E-state index in [-0.39, 0.29) is 12.0 Å². The van der Waals surface area contributed by atoms with E-state index in [9.17, 15) is 13.2 Å². The lowest BCUT2D eigenvalue weighted by atomic mass is 9.78. The summed E-state index contributed by atoms with van der Waals surface area (Å²) in [6.45, 7) is 2.76. The Kier molecular flexibility index (Phi) is 5.46. The molecule has 154 valence electrons. The molecule has 1 N–H and O–H groups in total. The van der Waals surface area contributed by atoms with Gasteiger partial charge in [-0.1, -0.05) is 42.5 Å². The largest absolute Gasteiger partial charge is 0.365 e. The van der Waals surface area contributed by atoms with Gasteiger partial charge in [0.25, 0.3) is 0 Å². The number of nitrogens with zero attached hydrogens (tertiary/aromatic N) is 1. The zero-order valence-electron chi connectivity index (χ0n) is 16.5. The van der Waals surface area contributed by atoms with E-state index in [0.29, 0.717) is 37.4 Å². The summed E-state index contributed by atoms with van der Waals surface area (Å²) in [7, 11) is -3.51. The molecule has 1 spiro atoms. The van der Waals surface area contributed by atoms with Crippen LogP contribution in [0.15, 0.2) is 59.5 Å². The van der Waals surface area contributed by atoms with Gasteiger partial charge in [-0.2, -0.15) is 4.31 Å². The molecule has 2 aliphatic rings. The van der Waals surface area contributed by atoms with Crippen LogP contribution < -0.4 is 5.32 Å². The summed E-state index contributed by atoms with van der Waals surface area (Å²) in [5.41, 5.74) is 1.85. The van der Waals surface area contributed by atoms with Crippen molar-refractivity contribution in [2.45, 2.75) is 42.8 Å². The molecule has 6 nitrogen and oxygen atoms in total. The molecule has 4 rings (SSSR count). The second-order valence-corrected chi connectivity index (χ2v) is 9.69. The summed E-state index contributed by atoms with van der Waals surface area (Å²) in [5.74, 6) is -0.0784. The third kappa shape index (κ3) is 3.95. The summed E-state index contributed by atoms with van der Waals surface area (Å²) in [5, 5.41) is 2.85. The molecular formula is C22H26N2O4S. The molecule has 1 atom stereocenters. The van der Waals surface area contributed by atoms with Crippen molar-refractivity contribution in [2.75, 3.05) is 19.6 Å². The Labute approximate surface area is 171 Å². The molecule has 2 aromatic carbocycles. The maximum atomic E-state index is 13.0. The summed E-state index contributed by atoms with van der Waals surface area (Å²) < 4.78 is 34.0. The van der Waals surface area contributed by atoms with E-state index in [2.05, 4.69) is 17.4 Å². The van der Waals surface area contributed by atoms with Crippen molar-refractivity contribution in [1.29, 1.82) is 0 Å². The van der Waals surface area contributed by atoms with E-state index in [1.807, 2.05) is 18.2 Å². The van der Waals surface area contributed by atoms with Gasteiger partial charge in [-0.3, -0.25) is 4.79 Å². The number of nitrogens with one attached hydrogen (secondary N) is 1. The quantitative estimate of drug-likeness (QED) is 0.834. The van der Waals surface area contributed by atoms with Crippen molar-refractivity contribution in [3.63, 3.8) is 0 Å². The van der Waals surface area contributed by atoms with Gasteiger partial charge in [0.05, 0.1) is 16.6 Å². The Hall–Kier alpha value is -2.22. The van der Waals surface area contributed by atoms with Crippen molar-refractivity contribution in [1.82, 2.24) is 9.62 Å². The van der Waals surface area contributed by atoms with Gasteiger partial charge in [0.2, 0.25) is 15.9 Å². The highest BCUT2D eigenvalue weighted by molar-refractivity contribution is 7.89. The van der Waals surface area contributed by atoms with E-state index >= 15 is 0 Å². The lowest BCUT2D eigenvalue weighted by Gasteiger charge is -2.47. The molecule has 0 saturated carbocycles. The van der Waals surface area contributed by atoms with E-state index in [0.717, 1.165) is 12.0 Å². The van der Waals surface area contributed by atoms with Gasteiger partial charge in [0.15, 0.2) is 0 Å². The normalized spacial score (nSPS) is 21.5. The first-order valence-corrected chi connectivity index (χ1v) is 11.4. The topological polar surface area (TPSA) is 75.7 Å². The van der Waals surface area contributed by atoms with Crippen LogP contribution in [0.25, 0.3) is 0 Å². The molecular weight excluding hydrogens is 388 g/mol. The van der Waals surface area contributed by atoms with Gasteiger partial charge in [-0.15, -0.1) is 0 Å². The summed E-state index contributed by atoms with van der Waals surface area (Å²) in [6, 6.07) is 16.8. The minimum absolute atomic E-state index is 0.0784. The second kappa shape index (κ2) is 7.89. The molecule has 29 heavy (non-hydrogen) atoms. The van der Waals surface area contributed by atoms with E-state index < -0.39 is 15.6 Å². The molecule has 2 aliphatic heterocycles. The number of fused-ring (bicyclic) bond motifs is 2. The number of ether oxygens (including phenoxy) is 1. The van der Waals surface area contributed by atoms with Crippen LogP contribution in [0, 0.1) is 0 Å². The average Bonchev–Trinajstić information content (AvgIpc) is 2.73. The molecule has 2 aromatic rings. The minimum Gasteiger partial charge on any atom is -0.365 e. The fourth-order valence-corrected chi connectivity index (χ4v) is 5.86. The smallest absolute Gasteiger partial charge is 0.243 e. The number of rotatable bonds is 4. The number of carbonyl (C=O) groups is 1. The zero-order chi connectivity index (χ0) is 20.5. The molecule has 0 aromatic heterocycles. The van der Waals surface area contributed by atoms with Crippen LogP contribution in [-0.2, 0) is 31.6 Å². The first-order chi connectivity index (χ1) is 13.9. The van der Waals surface area contributed by atoms with Gasteiger partial charge in [-0.05, 0) is 36.1 Å². The average molecular weight is 415 g/mol. The summed E-state index contributed by atoms with van der Waals surface area (Å²) in [4.78, 5) is 11.7. The number of piperidine rings is 1. The SMILES string of the molecule is CC(=O)NCC1Cc2ccccc2C2(CCN(S(=O)(=O)c3ccccc3)CC2)O1. The van der Waals surface area contributed by atoms with Crippen molar-refractivity contribution in [3.8, 4) is 0 Å². The van der Waals surface area contributed by atoms with Crippen LogP contribution in [0.2, 0.25) is 0 Å². The van der Waals surface area contributed by atoms with Gasteiger partial charge >= 0.3 is 0 Å². The summed E-state index contributed by atoms with van der Waals surface area (Å²) in [6.07, 6.45) is 1.80. The van der Waals surface area contributed by atoms with E-state index in [1.54, 1.807) is 28.6 Å². The molecule has 1 unspecified atom stereocenters. The number of carbonyl (C=O) groups excluding carboxylic acids is 1. The van der Waals surface area contributed by atoms with Crippen LogP contribution in [0.5, 0.6) is 0 Å². The maximum absolute atomic E-state index is 13.0. The third-order valence-electron chi connectivity index (χ3n) is 5.84. The highest BCUT2D eigenvalue weighted by Crippen LogP contribution is 2.44. The lowest BCUT2D eigenvalue weighted by Crippen LogP contribution is -2.51. The molecule has 1 saturated heterocycles. The van der Waals surface area contributed by atoms with Crippen molar-refractivity contribution >= 4 is 15.9 Å². The molecule has 0 bridgehead atoms. The molecule has 0 aliphatic carbocycles. The van der Waals surface area contributed by atoms with E-state index in [1.165, 1.54) is 12.5 Å². The number of amides is 1. The van der Waals surface area contributed by atoms with Gasteiger partial charge in [0, 0.05) is 33.0 Å². The monoisotopic (exact) mass is 414 g/mol. The highest BCUT2D eigenvalue weighted by atomic mass is 32.2. The highest BCUT2D eigenvalue weighted by Gasteiger charge is 2.45. The summed E-state index contributed by atoms with van der Waals surface area (Å²) >= 11 is 0. The van der Waals surface area contributed by atoms with Gasteiger partial charge < -0.3 is 10.1 Å². The van der Waals surface area contributed by atoms with Crippen molar-refractivity contribution < 1.29 is 17.9 Å². The Morgan fingerprint density at radius 3 is 2.45 bits per heavy atom. The van der Waals surface area contributed by atoms with Crippen LogP contribution in [0.4, 0.5) is 0 Å². The third-order valence-corrected chi connectivity index (χ3v) is 7.75. The second-order valence-electron chi connectivity index (χ2n) is 7.75. The van der Waals surface area contributed by atoms with E-state index in [4.69, 9.17) is 4.74 Å². The molecule has 2 heterocycles. The van der Waals surface area contributed by atoms with Crippen LogP contribution in [-0.4, -0.2) is 44.4 Å².